The molecule has 0 radical (unpaired) electrons. The van der Waals surface area contributed by atoms with Crippen molar-refractivity contribution >= 4 is 22.2 Å². The molecule has 16 nitrogen and oxygen atoms in total. The third-order valence-electron chi connectivity index (χ3n) is 5.51. The predicted octanol–water partition coefficient (Wildman–Crippen LogP) is -3.25. The summed E-state index contributed by atoms with van der Waals surface area (Å²) in [6.07, 6.45) is 12.1. The van der Waals surface area contributed by atoms with Crippen molar-refractivity contribution in [2.75, 3.05) is 11.5 Å². The van der Waals surface area contributed by atoms with Gasteiger partial charge in [-0.25, -0.2) is 32.7 Å². The second-order valence-corrected chi connectivity index (χ2v) is 11.4. The van der Waals surface area contributed by atoms with E-state index in [4.69, 9.17) is 9.81 Å². The molecule has 3 rings (SSSR count). The number of hydrogen-bond donors (Lipinski definition) is 6. The molecule has 0 aliphatic rings. The Bertz CT molecular complexity index is 1250. The van der Waals surface area contributed by atoms with Crippen LogP contribution >= 0.6 is 12.0 Å². The summed E-state index contributed by atoms with van der Waals surface area (Å²) in [6.45, 7) is 1.47. The predicted molar refractivity (Wildman–Crippen MR) is 132 cm³/mol. The van der Waals surface area contributed by atoms with E-state index in [9.17, 15) is 28.8 Å². The Balaban J connectivity index is 1.41. The lowest BCUT2D eigenvalue weighted by Gasteiger charge is -2.07. The van der Waals surface area contributed by atoms with Crippen LogP contribution in [0.1, 0.15) is 0 Å². The van der Waals surface area contributed by atoms with E-state index in [-0.39, 0.29) is 18.8 Å². The second-order valence-electron chi connectivity index (χ2n) is 9.21. The van der Waals surface area contributed by atoms with Crippen LogP contribution in [0.25, 0.3) is 0 Å². The first-order valence-electron chi connectivity index (χ1n) is 11.9. The first-order valence-corrected chi connectivity index (χ1v) is 14.4. The van der Waals surface area contributed by atoms with Crippen molar-refractivity contribution < 1.29 is 61.7 Å². The van der Waals surface area contributed by atoms with Gasteiger partial charge in [-0.05, 0) is 0 Å². The number of aliphatic hydroxyl groups is 4. The molecule has 3 aromatic rings. The minimum absolute atomic E-state index is 0.0242. The van der Waals surface area contributed by atoms with E-state index in [1.54, 1.807) is 83.6 Å². The molecule has 0 saturated carbocycles. The van der Waals surface area contributed by atoms with Crippen molar-refractivity contribution in [1.82, 2.24) is 13.7 Å². The summed E-state index contributed by atoms with van der Waals surface area (Å²) in [5.41, 5.74) is 0. The maximum absolute atomic E-state index is 10.9. The van der Waals surface area contributed by atoms with Gasteiger partial charge in [0.25, 0.3) is 10.1 Å². The second kappa shape index (κ2) is 14.8. The molecular weight excluding hydrogens is 560 g/mol. The lowest BCUT2D eigenvalue weighted by molar-refractivity contribution is -0.706. The standard InChI is InChI=1S/C21H33N6O10S2/c28-18(9-24-3-5-26(16-24)11-20(30)13-38-37-36-32)7-22-1-2-23(15-22)8-19(29)10-25-4-6-27(17-25)12-21(31)14-39(33,34)35/h1-6,15-21,28-31H,7-14H2/q+1/p+2. The van der Waals surface area contributed by atoms with Crippen LogP contribution in [0, 0.1) is 0 Å². The Hall–Kier alpha value is -2.39. The van der Waals surface area contributed by atoms with Gasteiger partial charge in [0, 0.05) is 12.0 Å². The third-order valence-corrected chi connectivity index (χ3v) is 6.99. The zero-order valence-corrected chi connectivity index (χ0v) is 22.6. The highest BCUT2D eigenvalue weighted by atomic mass is 32.2. The highest BCUT2D eigenvalue weighted by molar-refractivity contribution is 7.94. The Kier molecular flexibility index (Phi) is 11.9. The number of nitrogens with zero attached hydrogens (tertiary/aromatic N) is 6. The SMILES string of the molecule is O=S(=O)(O)CC(O)Cn1cc[n+](CC(O)Cn2cc[n+](CC(O)Cn3cc[n+](CC(O)CSOOO)c3)c2)c1. The van der Waals surface area contributed by atoms with Crippen LogP contribution in [0.2, 0.25) is 0 Å². The molecule has 0 spiro atoms. The average molecular weight is 596 g/mol. The van der Waals surface area contributed by atoms with Gasteiger partial charge in [0.2, 0.25) is 19.0 Å². The van der Waals surface area contributed by atoms with Crippen LogP contribution < -0.4 is 13.7 Å². The number of hydrogen-bond acceptors (Lipinski definition) is 10. The van der Waals surface area contributed by atoms with E-state index in [0.717, 1.165) is 12.0 Å². The van der Waals surface area contributed by atoms with Crippen molar-refractivity contribution in [3.63, 3.8) is 0 Å². The van der Waals surface area contributed by atoms with Gasteiger partial charge in [-0.2, -0.15) is 8.42 Å². The maximum atomic E-state index is 10.9. The molecular formula is C21H35N6O10S2+3. The molecule has 0 aromatic carbocycles. The number of aromatic nitrogens is 6. The monoisotopic (exact) mass is 595 g/mol. The third kappa shape index (κ3) is 11.7. The molecule has 4 unspecified atom stereocenters. The fraction of sp³-hybridized carbons (Fsp3) is 0.571. The molecule has 6 N–H and O–H groups in total. The summed E-state index contributed by atoms with van der Waals surface area (Å²) in [6, 6.07) is 0. The molecule has 0 aliphatic carbocycles. The summed E-state index contributed by atoms with van der Waals surface area (Å²) in [4.78, 5) is 0. The fourth-order valence-electron chi connectivity index (χ4n) is 4.02. The Morgan fingerprint density at radius 3 is 1.54 bits per heavy atom. The highest BCUT2D eigenvalue weighted by Crippen LogP contribution is 2.05. The van der Waals surface area contributed by atoms with Gasteiger partial charge in [-0.3, -0.25) is 4.55 Å². The van der Waals surface area contributed by atoms with Crippen molar-refractivity contribution in [2.45, 2.75) is 63.7 Å². The number of rotatable bonds is 18. The quantitative estimate of drug-likeness (QED) is 0.0216. The van der Waals surface area contributed by atoms with Gasteiger partial charge in [0.1, 0.15) is 107 Å². The molecule has 218 valence electrons. The molecule has 0 saturated heterocycles. The van der Waals surface area contributed by atoms with Crippen LogP contribution in [-0.2, 0) is 58.8 Å². The summed E-state index contributed by atoms with van der Waals surface area (Å²) in [5, 5.41) is 52.3. The van der Waals surface area contributed by atoms with E-state index < -0.39 is 40.3 Å². The van der Waals surface area contributed by atoms with Crippen LogP contribution in [0.15, 0.2) is 56.2 Å². The van der Waals surface area contributed by atoms with Gasteiger partial charge >= 0.3 is 0 Å². The van der Waals surface area contributed by atoms with Crippen LogP contribution in [0.3, 0.4) is 0 Å². The van der Waals surface area contributed by atoms with Crippen molar-refractivity contribution in [3.05, 3.63) is 56.2 Å². The van der Waals surface area contributed by atoms with Crippen LogP contribution in [-0.4, -0.2) is 88.3 Å². The van der Waals surface area contributed by atoms with Crippen LogP contribution in [0.4, 0.5) is 0 Å². The van der Waals surface area contributed by atoms with Crippen LogP contribution in [0.5, 0.6) is 0 Å². The van der Waals surface area contributed by atoms with E-state index in [1.807, 2.05) is 0 Å². The summed E-state index contributed by atoms with van der Waals surface area (Å²) in [5.74, 6) is -0.566. The Labute approximate surface area is 228 Å². The Morgan fingerprint density at radius 2 is 1.13 bits per heavy atom. The molecule has 0 amide bonds. The first-order chi connectivity index (χ1) is 18.5. The molecule has 0 bridgehead atoms. The fourth-order valence-corrected chi connectivity index (χ4v) is 4.97. The minimum Gasteiger partial charge on any atom is -0.388 e. The Morgan fingerprint density at radius 1 is 0.718 bits per heavy atom. The van der Waals surface area contributed by atoms with E-state index >= 15 is 0 Å². The molecule has 0 aliphatic heterocycles. The minimum atomic E-state index is -4.27. The normalized spacial score (nSPS) is 15.3. The topological polar surface area (TPSA) is 200 Å². The lowest BCUT2D eigenvalue weighted by atomic mass is 10.3. The number of imidazole rings is 3. The first kappa shape index (κ1) is 31.1. The van der Waals surface area contributed by atoms with Crippen molar-refractivity contribution in [2.24, 2.45) is 0 Å². The summed E-state index contributed by atoms with van der Waals surface area (Å²) < 4.78 is 45.2. The molecule has 39 heavy (non-hydrogen) atoms. The average Bonchev–Trinajstić information content (AvgIpc) is 3.55. The molecule has 3 heterocycles. The summed E-state index contributed by atoms with van der Waals surface area (Å²) in [7, 11) is -4.27. The molecule has 18 heteroatoms. The van der Waals surface area contributed by atoms with Gasteiger partial charge in [-0.15, -0.1) is 4.33 Å². The van der Waals surface area contributed by atoms with Crippen molar-refractivity contribution in [3.8, 4) is 0 Å². The van der Waals surface area contributed by atoms with E-state index in [1.165, 1.54) is 0 Å². The smallest absolute Gasteiger partial charge is 0.267 e. The molecule has 3 aromatic heterocycles. The van der Waals surface area contributed by atoms with Gasteiger partial charge in [-0.1, -0.05) is 5.04 Å². The summed E-state index contributed by atoms with van der Waals surface area (Å²) >= 11 is 0.772. The lowest BCUT2D eigenvalue weighted by Crippen LogP contribution is -2.41. The van der Waals surface area contributed by atoms with Gasteiger partial charge < -0.3 is 20.4 Å². The van der Waals surface area contributed by atoms with E-state index in [0.29, 0.717) is 26.2 Å². The maximum Gasteiger partial charge on any atom is 0.267 e. The van der Waals surface area contributed by atoms with E-state index in [2.05, 4.69) is 9.37 Å². The molecule has 0 fully saturated rings. The van der Waals surface area contributed by atoms with Crippen molar-refractivity contribution in [1.29, 1.82) is 0 Å². The highest BCUT2D eigenvalue weighted by Gasteiger charge is 2.20. The zero-order valence-electron chi connectivity index (χ0n) is 21.0. The van der Waals surface area contributed by atoms with Gasteiger partial charge in [0.15, 0.2) is 0 Å². The number of aliphatic hydroxyl groups excluding tert-OH is 4. The van der Waals surface area contributed by atoms with Gasteiger partial charge in [0.05, 0.1) is 5.75 Å². The largest absolute Gasteiger partial charge is 0.388 e. The molecule has 4 atom stereocenters. The zero-order chi connectivity index (χ0) is 28.4.